The molecule has 0 radical (unpaired) electrons. The Hall–Kier alpha value is -3.95. The molecular formula is C23H16ClN5O. The van der Waals surface area contributed by atoms with E-state index in [1.807, 2.05) is 72.9 Å². The van der Waals surface area contributed by atoms with Crippen LogP contribution in [0.15, 0.2) is 65.6 Å². The number of nitriles is 1. The normalized spacial score (nSPS) is 11.0. The molecule has 146 valence electrons. The number of benzene rings is 2. The predicted molar refractivity (Wildman–Crippen MR) is 117 cm³/mol. The molecule has 7 heteroatoms. The van der Waals surface area contributed by atoms with E-state index in [4.69, 9.17) is 16.7 Å². The predicted octanol–water partition coefficient (Wildman–Crippen LogP) is 4.63. The molecule has 2 aromatic carbocycles. The van der Waals surface area contributed by atoms with E-state index in [1.165, 1.54) is 0 Å². The Labute approximate surface area is 177 Å². The zero-order valence-corrected chi connectivity index (χ0v) is 16.8. The van der Waals surface area contributed by atoms with Crippen LogP contribution >= 0.6 is 11.6 Å². The van der Waals surface area contributed by atoms with Crippen molar-refractivity contribution < 1.29 is 0 Å². The Kier molecular flexibility index (Phi) is 5.29. The van der Waals surface area contributed by atoms with E-state index in [1.54, 1.807) is 17.7 Å². The summed E-state index contributed by atoms with van der Waals surface area (Å²) < 4.78 is 1.80. The first-order valence-electron chi connectivity index (χ1n) is 9.15. The van der Waals surface area contributed by atoms with E-state index in [9.17, 15) is 10.1 Å². The third kappa shape index (κ3) is 3.79. The summed E-state index contributed by atoms with van der Waals surface area (Å²) in [4.78, 5) is 11.7. The third-order valence-electron chi connectivity index (χ3n) is 4.68. The minimum atomic E-state index is -0.495. The summed E-state index contributed by atoms with van der Waals surface area (Å²) in [5, 5.41) is 21.0. The van der Waals surface area contributed by atoms with Crippen LogP contribution in [0.3, 0.4) is 0 Å². The molecule has 0 saturated heterocycles. The molecule has 0 atom stereocenters. The Morgan fingerprint density at radius 1 is 1.10 bits per heavy atom. The van der Waals surface area contributed by atoms with Gasteiger partial charge in [-0.2, -0.15) is 15.5 Å². The second-order valence-electron chi connectivity index (χ2n) is 6.60. The van der Waals surface area contributed by atoms with Crippen LogP contribution in [0, 0.1) is 18.3 Å². The van der Waals surface area contributed by atoms with Crippen LogP contribution in [-0.4, -0.2) is 20.0 Å². The number of para-hydroxylation sites is 1. The minimum Gasteiger partial charge on any atom is -0.267 e. The molecule has 1 N–H and O–H groups in total. The van der Waals surface area contributed by atoms with Gasteiger partial charge in [0.15, 0.2) is 0 Å². The molecule has 0 aliphatic heterocycles. The lowest BCUT2D eigenvalue weighted by Crippen LogP contribution is -2.15. The number of nitrogens with zero attached hydrogens (tertiary/aromatic N) is 4. The fourth-order valence-electron chi connectivity index (χ4n) is 3.07. The van der Waals surface area contributed by atoms with Crippen molar-refractivity contribution in [2.24, 2.45) is 0 Å². The molecule has 4 rings (SSSR count). The Balaban J connectivity index is 1.82. The Morgan fingerprint density at radius 2 is 1.83 bits per heavy atom. The van der Waals surface area contributed by atoms with Gasteiger partial charge in [0.05, 0.1) is 17.1 Å². The van der Waals surface area contributed by atoms with Gasteiger partial charge < -0.3 is 0 Å². The highest BCUT2D eigenvalue weighted by molar-refractivity contribution is 6.30. The highest BCUT2D eigenvalue weighted by Crippen LogP contribution is 2.27. The number of halogens is 1. The third-order valence-corrected chi connectivity index (χ3v) is 4.93. The molecule has 2 heterocycles. The Morgan fingerprint density at radius 3 is 2.53 bits per heavy atom. The van der Waals surface area contributed by atoms with E-state index in [2.05, 4.69) is 10.2 Å². The average Bonchev–Trinajstić information content (AvgIpc) is 3.19. The monoisotopic (exact) mass is 413 g/mol. The molecule has 0 bridgehead atoms. The lowest BCUT2D eigenvalue weighted by Gasteiger charge is -2.01. The molecule has 6 nitrogen and oxygen atoms in total. The van der Waals surface area contributed by atoms with E-state index >= 15 is 0 Å². The molecular weight excluding hydrogens is 398 g/mol. The maximum Gasteiger partial charge on any atom is 0.282 e. The highest BCUT2D eigenvalue weighted by atomic mass is 35.5. The highest BCUT2D eigenvalue weighted by Gasteiger charge is 2.12. The van der Waals surface area contributed by atoms with E-state index in [0.717, 1.165) is 22.5 Å². The lowest BCUT2D eigenvalue weighted by atomic mass is 10.1. The quantitative estimate of drug-likeness (QED) is 0.528. The molecule has 0 fully saturated rings. The number of H-pyrrole nitrogens is 1. The molecule has 0 aliphatic rings. The van der Waals surface area contributed by atoms with Gasteiger partial charge in [-0.1, -0.05) is 41.9 Å². The van der Waals surface area contributed by atoms with Crippen LogP contribution in [0.1, 0.15) is 22.4 Å². The first kappa shape index (κ1) is 19.4. The number of nitrogens with one attached hydrogen (secondary N) is 1. The van der Waals surface area contributed by atoms with Crippen LogP contribution in [0.5, 0.6) is 0 Å². The SMILES string of the molecule is Cc1c(/C=C/c2cn(-c3ccccc3)nc2-c2ccc(Cl)cc2)n[nH]c(=O)c1C#N. The topological polar surface area (TPSA) is 87.4 Å². The molecule has 30 heavy (non-hydrogen) atoms. The number of hydrogen-bond donors (Lipinski definition) is 1. The van der Waals surface area contributed by atoms with Gasteiger partial charge in [-0.3, -0.25) is 4.79 Å². The minimum absolute atomic E-state index is 0.0579. The van der Waals surface area contributed by atoms with Crippen molar-refractivity contribution in [3.8, 4) is 23.0 Å². The van der Waals surface area contributed by atoms with Crippen molar-refractivity contribution in [1.82, 2.24) is 20.0 Å². The summed E-state index contributed by atoms with van der Waals surface area (Å²) in [6.45, 7) is 1.70. The Bertz CT molecular complexity index is 1330. The summed E-state index contributed by atoms with van der Waals surface area (Å²) in [7, 11) is 0. The van der Waals surface area contributed by atoms with E-state index in [0.29, 0.717) is 16.3 Å². The second kappa shape index (κ2) is 8.19. The number of aromatic amines is 1. The fourth-order valence-corrected chi connectivity index (χ4v) is 3.20. The van der Waals surface area contributed by atoms with Gasteiger partial charge in [0.2, 0.25) is 0 Å². The zero-order chi connectivity index (χ0) is 21.1. The van der Waals surface area contributed by atoms with Crippen LogP contribution in [-0.2, 0) is 0 Å². The maximum atomic E-state index is 11.7. The summed E-state index contributed by atoms with van der Waals surface area (Å²) in [6, 6.07) is 19.2. The molecule has 0 spiro atoms. The zero-order valence-electron chi connectivity index (χ0n) is 16.0. The lowest BCUT2D eigenvalue weighted by molar-refractivity contribution is 0.884. The maximum absolute atomic E-state index is 11.7. The summed E-state index contributed by atoms with van der Waals surface area (Å²) in [5.41, 5.74) is 4.08. The van der Waals surface area contributed by atoms with Gasteiger partial charge in [0.25, 0.3) is 5.56 Å². The van der Waals surface area contributed by atoms with Crippen molar-refractivity contribution in [3.63, 3.8) is 0 Å². The summed E-state index contributed by atoms with van der Waals surface area (Å²) in [5.74, 6) is 0. The van der Waals surface area contributed by atoms with Gasteiger partial charge in [0, 0.05) is 22.3 Å². The van der Waals surface area contributed by atoms with Gasteiger partial charge in [0.1, 0.15) is 11.6 Å². The number of aromatic nitrogens is 4. The molecule has 4 aromatic rings. The van der Waals surface area contributed by atoms with E-state index in [-0.39, 0.29) is 5.56 Å². The van der Waals surface area contributed by atoms with Gasteiger partial charge in [-0.15, -0.1) is 0 Å². The van der Waals surface area contributed by atoms with Crippen LogP contribution in [0.25, 0.3) is 29.1 Å². The smallest absolute Gasteiger partial charge is 0.267 e. The van der Waals surface area contributed by atoms with Crippen LogP contribution in [0.2, 0.25) is 5.02 Å². The fraction of sp³-hybridized carbons (Fsp3) is 0.0435. The van der Waals surface area contributed by atoms with Crippen molar-refractivity contribution in [2.45, 2.75) is 6.92 Å². The van der Waals surface area contributed by atoms with Crippen molar-refractivity contribution in [1.29, 1.82) is 5.26 Å². The summed E-state index contributed by atoms with van der Waals surface area (Å²) >= 11 is 6.04. The molecule has 0 saturated carbocycles. The molecule has 0 aliphatic carbocycles. The van der Waals surface area contributed by atoms with Gasteiger partial charge in [-0.05, 0) is 48.9 Å². The first-order valence-corrected chi connectivity index (χ1v) is 9.53. The standard InChI is InChI=1S/C23H16ClN5O/c1-15-20(13-25)23(30)27-26-21(15)12-9-17-14-29(19-5-3-2-4-6-19)28-22(17)16-7-10-18(24)11-8-16/h2-12,14H,1H3,(H,27,30)/b12-9+. The van der Waals surface area contributed by atoms with Gasteiger partial charge in [-0.25, -0.2) is 9.78 Å². The largest absolute Gasteiger partial charge is 0.282 e. The molecule has 0 unspecified atom stereocenters. The first-order chi connectivity index (χ1) is 14.6. The van der Waals surface area contributed by atoms with Crippen LogP contribution < -0.4 is 5.56 Å². The van der Waals surface area contributed by atoms with Crippen molar-refractivity contribution in [2.75, 3.05) is 0 Å². The van der Waals surface area contributed by atoms with E-state index < -0.39 is 5.56 Å². The average molecular weight is 414 g/mol. The molecule has 2 aromatic heterocycles. The second-order valence-corrected chi connectivity index (χ2v) is 7.04. The van der Waals surface area contributed by atoms with Crippen molar-refractivity contribution in [3.05, 3.63) is 98.6 Å². The number of rotatable bonds is 4. The van der Waals surface area contributed by atoms with Crippen LogP contribution in [0.4, 0.5) is 0 Å². The van der Waals surface area contributed by atoms with Crippen molar-refractivity contribution >= 4 is 23.8 Å². The molecule has 0 amide bonds. The number of hydrogen-bond acceptors (Lipinski definition) is 4. The summed E-state index contributed by atoms with van der Waals surface area (Å²) in [6.07, 6.45) is 5.55. The van der Waals surface area contributed by atoms with Gasteiger partial charge >= 0.3 is 0 Å².